The predicted octanol–water partition coefficient (Wildman–Crippen LogP) is 1.74. The van der Waals surface area contributed by atoms with E-state index in [9.17, 15) is 0 Å². The lowest BCUT2D eigenvalue weighted by molar-refractivity contribution is 0.319. The molecule has 0 aliphatic carbocycles. The van der Waals surface area contributed by atoms with Crippen molar-refractivity contribution in [1.29, 1.82) is 0 Å². The van der Waals surface area contributed by atoms with E-state index in [-0.39, 0.29) is 0 Å². The van der Waals surface area contributed by atoms with Crippen LogP contribution in [0.1, 0.15) is 33.6 Å². The molecule has 0 aromatic carbocycles. The van der Waals surface area contributed by atoms with Crippen molar-refractivity contribution in [2.75, 3.05) is 27.2 Å². The predicted molar refractivity (Wildman–Crippen MR) is 63.0 cm³/mol. The lowest BCUT2D eigenvalue weighted by Crippen LogP contribution is -2.34. The Hall–Kier alpha value is -0.860. The zero-order chi connectivity index (χ0) is 11.0. The Morgan fingerprint density at radius 2 is 1.50 bits per heavy atom. The van der Waals surface area contributed by atoms with Gasteiger partial charge in [0.05, 0.1) is 0 Å². The first-order chi connectivity index (χ1) is 6.71. The van der Waals surface area contributed by atoms with Gasteiger partial charge in [0, 0.05) is 32.9 Å². The second-order valence-electron chi connectivity index (χ2n) is 3.46. The van der Waals surface area contributed by atoms with Crippen LogP contribution in [0, 0.1) is 0 Å². The highest BCUT2D eigenvalue weighted by Crippen LogP contribution is 2.06. The van der Waals surface area contributed by atoms with Gasteiger partial charge in [-0.1, -0.05) is 13.8 Å². The minimum absolute atomic E-state index is 1.11. The number of hydrogen-bond acceptors (Lipinski definition) is 3. The molecule has 0 bridgehead atoms. The van der Waals surface area contributed by atoms with E-state index in [4.69, 9.17) is 0 Å². The Kier molecular flexibility index (Phi) is 7.07. The molecule has 0 spiro atoms. The smallest absolute Gasteiger partial charge is 0.120 e. The summed E-state index contributed by atoms with van der Waals surface area (Å²) >= 11 is 0. The molecule has 0 radical (unpaired) electrons. The van der Waals surface area contributed by atoms with Gasteiger partial charge in [-0.05, 0) is 19.8 Å². The average molecular weight is 199 g/mol. The topological polar surface area (TPSA) is 27.3 Å². The standard InChI is InChI=1S/C11H25N3/c1-6-8-14(9-7-2)11(13-5)10(3)12-4/h12-13H,6-9H2,1-5H3/b11-10+. The van der Waals surface area contributed by atoms with Crippen molar-refractivity contribution in [3.8, 4) is 0 Å². The van der Waals surface area contributed by atoms with Crippen LogP contribution in [0.25, 0.3) is 0 Å². The van der Waals surface area contributed by atoms with Gasteiger partial charge >= 0.3 is 0 Å². The van der Waals surface area contributed by atoms with Gasteiger partial charge in [-0.15, -0.1) is 0 Å². The van der Waals surface area contributed by atoms with Crippen molar-refractivity contribution in [3.05, 3.63) is 11.5 Å². The molecule has 0 aliphatic heterocycles. The van der Waals surface area contributed by atoms with Gasteiger partial charge < -0.3 is 15.5 Å². The third kappa shape index (κ3) is 3.90. The zero-order valence-corrected chi connectivity index (χ0v) is 10.3. The monoisotopic (exact) mass is 199 g/mol. The number of nitrogens with zero attached hydrogens (tertiary/aromatic N) is 1. The first-order valence-corrected chi connectivity index (χ1v) is 5.52. The van der Waals surface area contributed by atoms with E-state index in [1.54, 1.807) is 0 Å². The van der Waals surface area contributed by atoms with E-state index in [1.165, 1.54) is 24.4 Å². The van der Waals surface area contributed by atoms with Crippen molar-refractivity contribution < 1.29 is 0 Å². The van der Waals surface area contributed by atoms with Crippen LogP contribution in [0.5, 0.6) is 0 Å². The molecule has 3 nitrogen and oxygen atoms in total. The van der Waals surface area contributed by atoms with Gasteiger partial charge in [-0.25, -0.2) is 0 Å². The van der Waals surface area contributed by atoms with Crippen molar-refractivity contribution in [2.45, 2.75) is 33.6 Å². The average Bonchev–Trinajstić information content (AvgIpc) is 2.19. The molecule has 0 atom stereocenters. The van der Waals surface area contributed by atoms with Gasteiger partial charge in [0.1, 0.15) is 5.82 Å². The summed E-state index contributed by atoms with van der Waals surface area (Å²) < 4.78 is 0. The van der Waals surface area contributed by atoms with Crippen LogP contribution in [0.15, 0.2) is 11.5 Å². The largest absolute Gasteiger partial charge is 0.389 e. The molecule has 0 aromatic rings. The van der Waals surface area contributed by atoms with Gasteiger partial charge in [-0.3, -0.25) is 0 Å². The van der Waals surface area contributed by atoms with E-state index >= 15 is 0 Å². The SMILES string of the molecule is CCCN(CCC)/C(NC)=C(\C)NC. The van der Waals surface area contributed by atoms with Gasteiger partial charge in [0.2, 0.25) is 0 Å². The Bertz CT molecular complexity index is 169. The van der Waals surface area contributed by atoms with Crippen LogP contribution in [0.3, 0.4) is 0 Å². The summed E-state index contributed by atoms with van der Waals surface area (Å²) in [6.07, 6.45) is 2.37. The summed E-state index contributed by atoms with van der Waals surface area (Å²) in [5.41, 5.74) is 1.20. The maximum Gasteiger partial charge on any atom is 0.120 e. The summed E-state index contributed by atoms with van der Waals surface area (Å²) in [5, 5.41) is 6.45. The fourth-order valence-corrected chi connectivity index (χ4v) is 1.58. The molecular formula is C11H25N3. The third-order valence-corrected chi connectivity index (χ3v) is 2.27. The Labute approximate surface area is 88.6 Å². The molecule has 0 aromatic heterocycles. The number of rotatable bonds is 7. The van der Waals surface area contributed by atoms with E-state index in [1.807, 2.05) is 14.1 Å². The first-order valence-electron chi connectivity index (χ1n) is 5.52. The fourth-order valence-electron chi connectivity index (χ4n) is 1.58. The molecule has 2 N–H and O–H groups in total. The molecule has 0 heterocycles. The molecule has 0 aliphatic rings. The Morgan fingerprint density at radius 3 is 1.79 bits per heavy atom. The van der Waals surface area contributed by atoms with Crippen molar-refractivity contribution in [2.24, 2.45) is 0 Å². The lowest BCUT2D eigenvalue weighted by atomic mass is 10.3. The van der Waals surface area contributed by atoms with Gasteiger partial charge in [0.15, 0.2) is 0 Å². The van der Waals surface area contributed by atoms with Crippen LogP contribution in [0.2, 0.25) is 0 Å². The summed E-state index contributed by atoms with van der Waals surface area (Å²) in [6.45, 7) is 8.76. The van der Waals surface area contributed by atoms with E-state index in [0.717, 1.165) is 13.1 Å². The molecule has 14 heavy (non-hydrogen) atoms. The van der Waals surface area contributed by atoms with Gasteiger partial charge in [-0.2, -0.15) is 0 Å². The zero-order valence-electron chi connectivity index (χ0n) is 10.3. The Morgan fingerprint density at radius 1 is 1.00 bits per heavy atom. The lowest BCUT2D eigenvalue weighted by Gasteiger charge is -2.28. The molecule has 0 amide bonds. The van der Waals surface area contributed by atoms with Crippen LogP contribution >= 0.6 is 0 Å². The molecule has 3 heteroatoms. The molecule has 0 unspecified atom stereocenters. The third-order valence-electron chi connectivity index (χ3n) is 2.27. The normalized spacial score (nSPS) is 12.1. The minimum atomic E-state index is 1.11. The van der Waals surface area contributed by atoms with E-state index in [2.05, 4.69) is 36.3 Å². The van der Waals surface area contributed by atoms with Crippen LogP contribution in [0.4, 0.5) is 0 Å². The highest BCUT2D eigenvalue weighted by Gasteiger charge is 2.08. The second kappa shape index (κ2) is 7.54. The van der Waals surface area contributed by atoms with Crippen molar-refractivity contribution in [1.82, 2.24) is 15.5 Å². The molecule has 0 saturated heterocycles. The summed E-state index contributed by atoms with van der Waals surface area (Å²) in [6, 6.07) is 0. The van der Waals surface area contributed by atoms with Gasteiger partial charge in [0.25, 0.3) is 0 Å². The van der Waals surface area contributed by atoms with Crippen LogP contribution in [-0.2, 0) is 0 Å². The molecule has 0 saturated carbocycles. The number of hydrogen-bond donors (Lipinski definition) is 2. The molecule has 0 fully saturated rings. The highest BCUT2D eigenvalue weighted by molar-refractivity contribution is 5.06. The van der Waals surface area contributed by atoms with E-state index in [0.29, 0.717) is 0 Å². The fraction of sp³-hybridized carbons (Fsp3) is 0.818. The summed E-state index contributed by atoms with van der Waals surface area (Å²) in [5.74, 6) is 1.22. The second-order valence-corrected chi connectivity index (χ2v) is 3.46. The number of nitrogens with one attached hydrogen (secondary N) is 2. The highest BCUT2D eigenvalue weighted by atomic mass is 15.2. The quantitative estimate of drug-likeness (QED) is 0.654. The van der Waals surface area contributed by atoms with Crippen molar-refractivity contribution in [3.63, 3.8) is 0 Å². The minimum Gasteiger partial charge on any atom is -0.389 e. The van der Waals surface area contributed by atoms with Crippen LogP contribution in [-0.4, -0.2) is 32.1 Å². The summed E-state index contributed by atoms with van der Waals surface area (Å²) in [4.78, 5) is 2.39. The molecule has 84 valence electrons. The first kappa shape index (κ1) is 13.1. The molecular weight excluding hydrogens is 174 g/mol. The number of allylic oxidation sites excluding steroid dienone is 1. The maximum atomic E-state index is 3.27. The molecule has 0 rings (SSSR count). The van der Waals surface area contributed by atoms with Crippen molar-refractivity contribution >= 4 is 0 Å². The van der Waals surface area contributed by atoms with E-state index < -0.39 is 0 Å². The maximum absolute atomic E-state index is 3.27. The Balaban J connectivity index is 4.56. The van der Waals surface area contributed by atoms with Crippen LogP contribution < -0.4 is 10.6 Å². The summed E-state index contributed by atoms with van der Waals surface area (Å²) in [7, 11) is 3.94.